The van der Waals surface area contributed by atoms with E-state index >= 15 is 0 Å². The highest BCUT2D eigenvalue weighted by Gasteiger charge is 2.07. The van der Waals surface area contributed by atoms with E-state index in [1.807, 2.05) is 5.38 Å². The van der Waals surface area contributed by atoms with E-state index in [-0.39, 0.29) is 0 Å². The number of benzene rings is 1. The Hall–Kier alpha value is -0.990. The molecule has 2 aromatic rings. The van der Waals surface area contributed by atoms with Gasteiger partial charge in [0, 0.05) is 10.9 Å². The lowest BCUT2D eigenvalue weighted by atomic mass is 10.1. The van der Waals surface area contributed by atoms with Crippen LogP contribution in [0.4, 0.5) is 5.69 Å². The minimum atomic E-state index is 0.667. The third-order valence-electron chi connectivity index (χ3n) is 2.14. The van der Waals surface area contributed by atoms with Gasteiger partial charge in [-0.15, -0.1) is 11.3 Å². The summed E-state index contributed by atoms with van der Waals surface area (Å²) in [6.07, 6.45) is 0. The summed E-state index contributed by atoms with van der Waals surface area (Å²) in [4.78, 5) is 0. The van der Waals surface area contributed by atoms with E-state index in [4.69, 9.17) is 17.3 Å². The zero-order valence-electron chi connectivity index (χ0n) is 7.75. The van der Waals surface area contributed by atoms with Crippen molar-refractivity contribution in [2.75, 3.05) is 5.73 Å². The minimum Gasteiger partial charge on any atom is -0.396 e. The van der Waals surface area contributed by atoms with E-state index < -0.39 is 0 Å². The zero-order chi connectivity index (χ0) is 10.1. The highest BCUT2D eigenvalue weighted by atomic mass is 35.5. The van der Waals surface area contributed by atoms with Crippen molar-refractivity contribution < 1.29 is 0 Å². The third kappa shape index (κ3) is 1.63. The van der Waals surface area contributed by atoms with Crippen molar-refractivity contribution in [1.29, 1.82) is 0 Å². The number of aryl methyl sites for hydroxylation is 1. The molecule has 1 aromatic heterocycles. The Bertz CT molecular complexity index is 445. The molecule has 0 aliphatic carbocycles. The fourth-order valence-electron chi connectivity index (χ4n) is 1.30. The highest BCUT2D eigenvalue weighted by molar-refractivity contribution is 7.15. The SMILES string of the molecule is Cc1ccc(-c2csc(Cl)c2N)cc1. The number of anilines is 1. The topological polar surface area (TPSA) is 26.0 Å². The van der Waals surface area contributed by atoms with E-state index in [2.05, 4.69) is 31.2 Å². The van der Waals surface area contributed by atoms with Crippen LogP contribution in [0.5, 0.6) is 0 Å². The Morgan fingerprint density at radius 1 is 1.21 bits per heavy atom. The number of rotatable bonds is 1. The first-order valence-electron chi connectivity index (χ1n) is 4.28. The van der Waals surface area contributed by atoms with Gasteiger partial charge in [0.1, 0.15) is 4.34 Å². The summed E-state index contributed by atoms with van der Waals surface area (Å²) in [7, 11) is 0. The van der Waals surface area contributed by atoms with Crippen molar-refractivity contribution in [3.63, 3.8) is 0 Å². The Labute approximate surface area is 92.1 Å². The summed E-state index contributed by atoms with van der Waals surface area (Å²) in [5, 5.41) is 1.99. The summed E-state index contributed by atoms with van der Waals surface area (Å²) < 4.78 is 0.667. The van der Waals surface area contributed by atoms with Gasteiger partial charge in [-0.25, -0.2) is 0 Å². The largest absolute Gasteiger partial charge is 0.396 e. The summed E-state index contributed by atoms with van der Waals surface area (Å²) in [6.45, 7) is 2.06. The highest BCUT2D eigenvalue weighted by Crippen LogP contribution is 2.37. The molecule has 72 valence electrons. The Kier molecular flexibility index (Phi) is 2.48. The van der Waals surface area contributed by atoms with Crippen LogP contribution in [0, 0.1) is 6.92 Å². The van der Waals surface area contributed by atoms with Crippen LogP contribution in [0.3, 0.4) is 0 Å². The fourth-order valence-corrected chi connectivity index (χ4v) is 2.26. The van der Waals surface area contributed by atoms with Gasteiger partial charge in [0.15, 0.2) is 0 Å². The summed E-state index contributed by atoms with van der Waals surface area (Å²) in [5.41, 5.74) is 9.93. The number of thiophene rings is 1. The molecule has 0 amide bonds. The van der Waals surface area contributed by atoms with Crippen LogP contribution in [0.25, 0.3) is 11.1 Å². The van der Waals surface area contributed by atoms with Crippen molar-refractivity contribution in [1.82, 2.24) is 0 Å². The van der Waals surface area contributed by atoms with Crippen molar-refractivity contribution >= 4 is 28.6 Å². The van der Waals surface area contributed by atoms with Gasteiger partial charge in [0.25, 0.3) is 0 Å². The van der Waals surface area contributed by atoms with Crippen molar-refractivity contribution in [3.05, 3.63) is 39.5 Å². The molecule has 0 aliphatic rings. The second kappa shape index (κ2) is 3.64. The molecular formula is C11H10ClNS. The number of hydrogen-bond acceptors (Lipinski definition) is 2. The van der Waals surface area contributed by atoms with Gasteiger partial charge in [-0.1, -0.05) is 41.4 Å². The molecule has 2 rings (SSSR count). The van der Waals surface area contributed by atoms with Crippen molar-refractivity contribution in [3.8, 4) is 11.1 Å². The molecule has 0 spiro atoms. The standard InChI is InChI=1S/C11H10ClNS/c1-7-2-4-8(5-3-7)9-6-14-11(12)10(9)13/h2-6H,13H2,1H3. The maximum atomic E-state index is 5.90. The van der Waals surface area contributed by atoms with E-state index in [9.17, 15) is 0 Å². The number of hydrogen-bond donors (Lipinski definition) is 1. The molecule has 14 heavy (non-hydrogen) atoms. The molecule has 0 unspecified atom stereocenters. The molecule has 0 fully saturated rings. The lowest BCUT2D eigenvalue weighted by molar-refractivity contribution is 1.47. The normalized spacial score (nSPS) is 10.4. The second-order valence-corrected chi connectivity index (χ2v) is 4.68. The van der Waals surface area contributed by atoms with Crippen molar-refractivity contribution in [2.45, 2.75) is 6.92 Å². The van der Waals surface area contributed by atoms with Crippen LogP contribution in [0.1, 0.15) is 5.56 Å². The van der Waals surface area contributed by atoms with Gasteiger partial charge in [-0.05, 0) is 12.5 Å². The quantitative estimate of drug-likeness (QED) is 0.778. The first-order valence-corrected chi connectivity index (χ1v) is 5.54. The predicted molar refractivity (Wildman–Crippen MR) is 63.9 cm³/mol. The Morgan fingerprint density at radius 2 is 1.86 bits per heavy atom. The van der Waals surface area contributed by atoms with Crippen LogP contribution in [-0.2, 0) is 0 Å². The minimum absolute atomic E-state index is 0.667. The van der Waals surface area contributed by atoms with Gasteiger partial charge in [0.05, 0.1) is 5.69 Å². The average Bonchev–Trinajstić information content (AvgIpc) is 2.50. The summed E-state index contributed by atoms with van der Waals surface area (Å²) in [5.74, 6) is 0. The predicted octanol–water partition coefficient (Wildman–Crippen LogP) is 3.96. The zero-order valence-corrected chi connectivity index (χ0v) is 9.32. The smallest absolute Gasteiger partial charge is 0.116 e. The van der Waals surface area contributed by atoms with Crippen LogP contribution >= 0.6 is 22.9 Å². The molecule has 0 aliphatic heterocycles. The van der Waals surface area contributed by atoms with Crippen LogP contribution in [0.2, 0.25) is 4.34 Å². The molecule has 3 heteroatoms. The molecule has 0 saturated heterocycles. The first-order chi connectivity index (χ1) is 6.68. The van der Waals surface area contributed by atoms with E-state index in [0.717, 1.165) is 11.1 Å². The maximum absolute atomic E-state index is 5.90. The molecule has 0 saturated carbocycles. The lowest BCUT2D eigenvalue weighted by Gasteiger charge is -2.00. The van der Waals surface area contributed by atoms with Crippen LogP contribution < -0.4 is 5.73 Å². The summed E-state index contributed by atoms with van der Waals surface area (Å²) in [6, 6.07) is 8.26. The Balaban J connectivity index is 2.49. The lowest BCUT2D eigenvalue weighted by Crippen LogP contribution is -1.85. The average molecular weight is 224 g/mol. The Morgan fingerprint density at radius 3 is 2.36 bits per heavy atom. The summed E-state index contributed by atoms with van der Waals surface area (Å²) >= 11 is 7.37. The molecule has 1 heterocycles. The monoisotopic (exact) mass is 223 g/mol. The van der Waals surface area contributed by atoms with E-state index in [0.29, 0.717) is 10.0 Å². The van der Waals surface area contributed by atoms with Gasteiger partial charge >= 0.3 is 0 Å². The van der Waals surface area contributed by atoms with Crippen molar-refractivity contribution in [2.24, 2.45) is 0 Å². The molecule has 1 aromatic carbocycles. The molecule has 0 bridgehead atoms. The van der Waals surface area contributed by atoms with Gasteiger partial charge < -0.3 is 5.73 Å². The van der Waals surface area contributed by atoms with Gasteiger partial charge in [-0.2, -0.15) is 0 Å². The molecule has 0 atom stereocenters. The number of halogens is 1. The van der Waals surface area contributed by atoms with Gasteiger partial charge in [0.2, 0.25) is 0 Å². The number of nitrogen functional groups attached to an aromatic ring is 1. The molecule has 0 radical (unpaired) electrons. The number of nitrogens with two attached hydrogens (primary N) is 1. The molecular weight excluding hydrogens is 214 g/mol. The van der Waals surface area contributed by atoms with Crippen LogP contribution in [-0.4, -0.2) is 0 Å². The van der Waals surface area contributed by atoms with Gasteiger partial charge in [-0.3, -0.25) is 0 Å². The van der Waals surface area contributed by atoms with E-state index in [1.165, 1.54) is 16.9 Å². The maximum Gasteiger partial charge on any atom is 0.116 e. The molecule has 1 nitrogen and oxygen atoms in total. The van der Waals surface area contributed by atoms with Crippen LogP contribution in [0.15, 0.2) is 29.6 Å². The fraction of sp³-hybridized carbons (Fsp3) is 0.0909. The van der Waals surface area contributed by atoms with E-state index in [1.54, 1.807) is 0 Å². The first kappa shape index (κ1) is 9.56. The third-order valence-corrected chi connectivity index (χ3v) is 3.40. The molecule has 2 N–H and O–H groups in total. The second-order valence-electron chi connectivity index (χ2n) is 3.20.